The third-order valence-corrected chi connectivity index (χ3v) is 5.91. The zero-order valence-electron chi connectivity index (χ0n) is 17.0. The van der Waals surface area contributed by atoms with Crippen molar-refractivity contribution in [3.05, 3.63) is 90.0 Å². The molecule has 0 radical (unpaired) electrons. The highest BCUT2D eigenvalue weighted by Gasteiger charge is 2.15. The standard InChI is InChI=1S/C23H25N3O3S/c1-26(2)17-16-18-8-12-20(13-9-18)24-23(27)19-10-14-22(15-11-19)30(28,29)25-21-6-4-3-5-7-21/h3-15,25H,16-17H2,1-2H3,(H,24,27). The Labute approximate surface area is 177 Å². The molecule has 0 heterocycles. The van der Waals surface area contributed by atoms with Crippen LogP contribution in [0.4, 0.5) is 11.4 Å². The van der Waals surface area contributed by atoms with Gasteiger partial charge in [-0.15, -0.1) is 0 Å². The molecule has 0 saturated carbocycles. The second kappa shape index (κ2) is 9.56. The van der Waals surface area contributed by atoms with Gasteiger partial charge in [-0.2, -0.15) is 0 Å². The Morgan fingerprint density at radius 2 is 1.47 bits per heavy atom. The fourth-order valence-corrected chi connectivity index (χ4v) is 3.88. The molecule has 30 heavy (non-hydrogen) atoms. The van der Waals surface area contributed by atoms with Gasteiger partial charge >= 0.3 is 0 Å². The molecule has 6 nitrogen and oxygen atoms in total. The van der Waals surface area contributed by atoms with E-state index >= 15 is 0 Å². The van der Waals surface area contributed by atoms with Crippen LogP contribution < -0.4 is 10.0 Å². The smallest absolute Gasteiger partial charge is 0.261 e. The summed E-state index contributed by atoms with van der Waals surface area (Å²) >= 11 is 0. The number of likely N-dealkylation sites (N-methyl/N-ethyl adjacent to an activating group) is 1. The summed E-state index contributed by atoms with van der Waals surface area (Å²) in [6.45, 7) is 0.958. The number of carbonyl (C=O) groups is 1. The van der Waals surface area contributed by atoms with Crippen molar-refractivity contribution in [2.45, 2.75) is 11.3 Å². The van der Waals surface area contributed by atoms with E-state index in [0.717, 1.165) is 13.0 Å². The van der Waals surface area contributed by atoms with Crippen molar-refractivity contribution in [3.8, 4) is 0 Å². The minimum atomic E-state index is -3.72. The molecule has 0 aliphatic carbocycles. The Balaban J connectivity index is 1.63. The van der Waals surface area contributed by atoms with Crippen LogP contribution in [0.2, 0.25) is 0 Å². The van der Waals surface area contributed by atoms with Crippen LogP contribution in [-0.4, -0.2) is 39.9 Å². The molecule has 0 aliphatic rings. The van der Waals surface area contributed by atoms with Gasteiger partial charge < -0.3 is 10.2 Å². The Morgan fingerprint density at radius 3 is 2.07 bits per heavy atom. The van der Waals surface area contributed by atoms with Crippen LogP contribution in [0.3, 0.4) is 0 Å². The van der Waals surface area contributed by atoms with E-state index < -0.39 is 10.0 Å². The highest BCUT2D eigenvalue weighted by molar-refractivity contribution is 7.92. The molecule has 3 aromatic carbocycles. The van der Waals surface area contributed by atoms with E-state index in [4.69, 9.17) is 0 Å². The summed E-state index contributed by atoms with van der Waals surface area (Å²) < 4.78 is 27.5. The Bertz CT molecular complexity index is 1080. The number of hydrogen-bond donors (Lipinski definition) is 2. The zero-order valence-corrected chi connectivity index (χ0v) is 17.8. The van der Waals surface area contributed by atoms with Crippen LogP contribution in [0.25, 0.3) is 0 Å². The molecule has 0 bridgehead atoms. The van der Waals surface area contributed by atoms with Gasteiger partial charge in [0.1, 0.15) is 0 Å². The van der Waals surface area contributed by atoms with Crippen LogP contribution in [0.5, 0.6) is 0 Å². The summed E-state index contributed by atoms with van der Waals surface area (Å²) in [4.78, 5) is 14.7. The molecule has 3 rings (SSSR count). The maximum absolute atomic E-state index is 12.5. The van der Waals surface area contributed by atoms with Gasteiger partial charge in [0.15, 0.2) is 0 Å². The molecule has 156 valence electrons. The van der Waals surface area contributed by atoms with Crippen molar-refractivity contribution in [1.82, 2.24) is 4.90 Å². The summed E-state index contributed by atoms with van der Waals surface area (Å²) in [5.41, 5.74) is 2.75. The molecule has 0 unspecified atom stereocenters. The molecular formula is C23H25N3O3S. The molecule has 2 N–H and O–H groups in total. The van der Waals surface area contributed by atoms with Gasteiger partial charge in [-0.3, -0.25) is 9.52 Å². The van der Waals surface area contributed by atoms with Crippen LogP contribution in [0.1, 0.15) is 15.9 Å². The van der Waals surface area contributed by atoms with Gasteiger partial charge in [-0.1, -0.05) is 30.3 Å². The lowest BCUT2D eigenvalue weighted by molar-refractivity contribution is 0.102. The third kappa shape index (κ3) is 5.92. The van der Waals surface area contributed by atoms with Crippen LogP contribution in [-0.2, 0) is 16.4 Å². The molecule has 3 aromatic rings. The predicted octanol–water partition coefficient (Wildman–Crippen LogP) is 3.84. The molecule has 0 aromatic heterocycles. The van der Waals surface area contributed by atoms with Gasteiger partial charge in [0.05, 0.1) is 4.90 Å². The second-order valence-corrected chi connectivity index (χ2v) is 8.88. The lowest BCUT2D eigenvalue weighted by Crippen LogP contribution is -2.15. The number of para-hydroxylation sites is 1. The first-order chi connectivity index (χ1) is 14.3. The quantitative estimate of drug-likeness (QED) is 0.577. The van der Waals surface area contributed by atoms with Crippen LogP contribution in [0, 0.1) is 0 Å². The molecule has 0 atom stereocenters. The van der Waals surface area contributed by atoms with E-state index in [2.05, 4.69) is 14.9 Å². The Hall–Kier alpha value is -3.16. The predicted molar refractivity (Wildman–Crippen MR) is 120 cm³/mol. The van der Waals surface area contributed by atoms with Gasteiger partial charge in [0.25, 0.3) is 15.9 Å². The first-order valence-electron chi connectivity index (χ1n) is 9.56. The lowest BCUT2D eigenvalue weighted by atomic mass is 10.1. The number of hydrogen-bond acceptors (Lipinski definition) is 4. The number of rotatable bonds is 8. The molecule has 7 heteroatoms. The topological polar surface area (TPSA) is 78.5 Å². The highest BCUT2D eigenvalue weighted by Crippen LogP contribution is 2.17. The maximum atomic E-state index is 12.5. The van der Waals surface area contributed by atoms with Crippen molar-refractivity contribution >= 4 is 27.3 Å². The fraction of sp³-hybridized carbons (Fsp3) is 0.174. The summed E-state index contributed by atoms with van der Waals surface area (Å²) in [5, 5.41) is 2.83. The average molecular weight is 424 g/mol. The molecule has 0 fully saturated rings. The Kier molecular flexibility index (Phi) is 6.87. The zero-order chi connectivity index (χ0) is 21.6. The van der Waals surface area contributed by atoms with E-state index in [1.54, 1.807) is 24.3 Å². The molecule has 0 spiro atoms. The largest absolute Gasteiger partial charge is 0.322 e. The second-order valence-electron chi connectivity index (χ2n) is 7.20. The van der Waals surface area contributed by atoms with Crippen molar-refractivity contribution in [3.63, 3.8) is 0 Å². The number of nitrogens with zero attached hydrogens (tertiary/aromatic N) is 1. The monoisotopic (exact) mass is 423 g/mol. The lowest BCUT2D eigenvalue weighted by Gasteiger charge is -2.11. The summed E-state index contributed by atoms with van der Waals surface area (Å²) in [5.74, 6) is -0.295. The van der Waals surface area contributed by atoms with Gasteiger partial charge in [-0.25, -0.2) is 8.42 Å². The molecule has 0 saturated heterocycles. The maximum Gasteiger partial charge on any atom is 0.261 e. The number of carbonyl (C=O) groups excluding carboxylic acids is 1. The summed E-state index contributed by atoms with van der Waals surface area (Å²) in [6.07, 6.45) is 0.939. The van der Waals surface area contributed by atoms with Gasteiger partial charge in [0.2, 0.25) is 0 Å². The number of amides is 1. The van der Waals surface area contributed by atoms with Gasteiger partial charge in [0, 0.05) is 23.5 Å². The van der Waals surface area contributed by atoms with E-state index in [9.17, 15) is 13.2 Å². The van der Waals surface area contributed by atoms with Crippen molar-refractivity contribution in [1.29, 1.82) is 0 Å². The SMILES string of the molecule is CN(C)CCc1ccc(NC(=O)c2ccc(S(=O)(=O)Nc3ccccc3)cc2)cc1. The summed E-state index contributed by atoms with van der Waals surface area (Å²) in [6, 6.07) is 22.2. The first-order valence-corrected chi connectivity index (χ1v) is 11.0. The van der Waals surface area contributed by atoms with E-state index in [1.165, 1.54) is 29.8 Å². The fourth-order valence-electron chi connectivity index (χ4n) is 2.82. The molecule has 1 amide bonds. The van der Waals surface area contributed by atoms with Crippen LogP contribution in [0.15, 0.2) is 83.8 Å². The summed E-state index contributed by atoms with van der Waals surface area (Å²) in [7, 11) is 0.345. The minimum absolute atomic E-state index is 0.0909. The van der Waals surface area contributed by atoms with E-state index in [-0.39, 0.29) is 10.8 Å². The number of sulfonamides is 1. The highest BCUT2D eigenvalue weighted by atomic mass is 32.2. The van der Waals surface area contributed by atoms with Crippen molar-refractivity contribution < 1.29 is 13.2 Å². The van der Waals surface area contributed by atoms with E-state index in [1.807, 2.05) is 44.4 Å². The van der Waals surface area contributed by atoms with Crippen LogP contribution >= 0.6 is 0 Å². The average Bonchev–Trinajstić information content (AvgIpc) is 2.73. The van der Waals surface area contributed by atoms with Gasteiger partial charge in [-0.05, 0) is 74.6 Å². The number of benzene rings is 3. The van der Waals surface area contributed by atoms with E-state index in [0.29, 0.717) is 16.9 Å². The minimum Gasteiger partial charge on any atom is -0.322 e. The number of anilines is 2. The third-order valence-electron chi connectivity index (χ3n) is 4.51. The number of nitrogens with one attached hydrogen (secondary N) is 2. The van der Waals surface area contributed by atoms with Crippen molar-refractivity contribution in [2.75, 3.05) is 30.7 Å². The Morgan fingerprint density at radius 1 is 0.833 bits per heavy atom. The molecule has 0 aliphatic heterocycles. The first kappa shape index (κ1) is 21.5. The molecular weight excluding hydrogens is 398 g/mol. The normalized spacial score (nSPS) is 11.3. The van der Waals surface area contributed by atoms with Crippen molar-refractivity contribution in [2.24, 2.45) is 0 Å².